The minimum atomic E-state index is -1.68. The van der Waals surface area contributed by atoms with Gasteiger partial charge in [0.15, 0.2) is 18.8 Å². The first-order valence-electron chi connectivity index (χ1n) is 7.73. The molecule has 1 aromatic heterocycles. The minimum Gasteiger partial charge on any atom is -0.269 e. The van der Waals surface area contributed by atoms with E-state index in [9.17, 15) is 0 Å². The lowest BCUT2D eigenvalue weighted by atomic mass is 10.1. The molecule has 3 aromatic rings. The average Bonchev–Trinajstić information content (AvgIpc) is 2.86. The van der Waals surface area contributed by atoms with Gasteiger partial charge in [0.2, 0.25) is 0 Å². The molecule has 5 heteroatoms. The van der Waals surface area contributed by atoms with E-state index < -0.39 is 8.24 Å². The van der Waals surface area contributed by atoms with Crippen molar-refractivity contribution in [3.05, 3.63) is 64.9 Å². The highest BCUT2D eigenvalue weighted by atomic mass is 32.1. The standard InChI is InChI=1S/C18H21N3SSi/c1-14-10-12-15(13-11-14)17-19-21(23(2,3)4)18(22)20(17)16-8-6-5-7-9-16/h5-13H,1-4H3. The van der Waals surface area contributed by atoms with Crippen LogP contribution in [-0.4, -0.2) is 22.2 Å². The number of hydrogen-bond donors (Lipinski definition) is 0. The van der Waals surface area contributed by atoms with Crippen LogP contribution in [0.1, 0.15) is 5.56 Å². The van der Waals surface area contributed by atoms with E-state index in [1.165, 1.54) is 5.56 Å². The van der Waals surface area contributed by atoms with Crippen LogP contribution in [0.4, 0.5) is 0 Å². The van der Waals surface area contributed by atoms with Crippen LogP contribution in [0.3, 0.4) is 0 Å². The number of rotatable bonds is 3. The van der Waals surface area contributed by atoms with Gasteiger partial charge in [0.1, 0.15) is 0 Å². The van der Waals surface area contributed by atoms with Crippen LogP contribution in [-0.2, 0) is 0 Å². The summed E-state index contributed by atoms with van der Waals surface area (Å²) >= 11 is 5.77. The Labute approximate surface area is 143 Å². The summed E-state index contributed by atoms with van der Waals surface area (Å²) in [7, 11) is -1.68. The van der Waals surface area contributed by atoms with Gasteiger partial charge in [-0.2, -0.15) is 5.10 Å². The topological polar surface area (TPSA) is 22.8 Å². The van der Waals surface area contributed by atoms with Crippen LogP contribution < -0.4 is 0 Å². The average molecular weight is 340 g/mol. The third kappa shape index (κ3) is 3.07. The molecule has 0 saturated heterocycles. The monoisotopic (exact) mass is 339 g/mol. The van der Waals surface area contributed by atoms with Gasteiger partial charge in [-0.05, 0) is 50.9 Å². The van der Waals surface area contributed by atoms with Crippen molar-refractivity contribution in [1.29, 1.82) is 0 Å². The van der Waals surface area contributed by atoms with Crippen LogP contribution in [0.15, 0.2) is 54.6 Å². The van der Waals surface area contributed by atoms with Gasteiger partial charge in [-0.15, -0.1) is 0 Å². The lowest BCUT2D eigenvalue weighted by Crippen LogP contribution is -2.33. The number of benzene rings is 2. The molecule has 118 valence electrons. The largest absolute Gasteiger partial charge is 0.269 e. The summed E-state index contributed by atoms with van der Waals surface area (Å²) in [4.78, 5) is 0. The number of nitrogens with zero attached hydrogens (tertiary/aromatic N) is 3. The van der Waals surface area contributed by atoms with E-state index in [1.807, 2.05) is 18.2 Å². The lowest BCUT2D eigenvalue weighted by molar-refractivity contribution is 0.912. The molecule has 0 N–H and O–H groups in total. The number of hydrogen-bond acceptors (Lipinski definition) is 2. The van der Waals surface area contributed by atoms with Gasteiger partial charge in [0.25, 0.3) is 0 Å². The van der Waals surface area contributed by atoms with E-state index >= 15 is 0 Å². The van der Waals surface area contributed by atoms with Gasteiger partial charge in [-0.25, -0.2) is 0 Å². The van der Waals surface area contributed by atoms with E-state index in [2.05, 4.69) is 71.9 Å². The molecular weight excluding hydrogens is 318 g/mol. The quantitative estimate of drug-likeness (QED) is 0.491. The maximum absolute atomic E-state index is 5.77. The smallest absolute Gasteiger partial charge is 0.194 e. The molecule has 0 spiro atoms. The Kier molecular flexibility index (Phi) is 4.08. The van der Waals surface area contributed by atoms with Gasteiger partial charge in [-0.3, -0.25) is 8.91 Å². The highest BCUT2D eigenvalue weighted by molar-refractivity contribution is 7.71. The first-order valence-corrected chi connectivity index (χ1v) is 11.6. The van der Waals surface area contributed by atoms with Crippen LogP contribution >= 0.6 is 12.2 Å². The molecule has 0 bridgehead atoms. The molecule has 3 nitrogen and oxygen atoms in total. The summed E-state index contributed by atoms with van der Waals surface area (Å²) < 4.78 is 4.91. The van der Waals surface area contributed by atoms with E-state index in [4.69, 9.17) is 17.3 Å². The van der Waals surface area contributed by atoms with Crippen molar-refractivity contribution >= 4 is 20.5 Å². The summed E-state index contributed by atoms with van der Waals surface area (Å²) in [6.07, 6.45) is 0. The Morgan fingerprint density at radius 2 is 1.52 bits per heavy atom. The number of aromatic nitrogens is 3. The molecule has 0 amide bonds. The zero-order chi connectivity index (χ0) is 16.6. The Morgan fingerprint density at radius 1 is 0.913 bits per heavy atom. The Balaban J connectivity index is 2.30. The molecule has 1 heterocycles. The molecule has 0 aliphatic heterocycles. The molecule has 0 unspecified atom stereocenters. The van der Waals surface area contributed by atoms with Crippen molar-refractivity contribution in [3.63, 3.8) is 0 Å². The van der Waals surface area contributed by atoms with Gasteiger partial charge in [0, 0.05) is 11.3 Å². The maximum Gasteiger partial charge on any atom is 0.194 e. The molecule has 3 rings (SSSR count). The Hall–Kier alpha value is -1.98. The number of aryl methyl sites for hydroxylation is 1. The third-order valence-electron chi connectivity index (χ3n) is 3.74. The van der Waals surface area contributed by atoms with Gasteiger partial charge >= 0.3 is 0 Å². The summed E-state index contributed by atoms with van der Waals surface area (Å²) in [6.45, 7) is 8.85. The van der Waals surface area contributed by atoms with Crippen LogP contribution in [0.5, 0.6) is 0 Å². The summed E-state index contributed by atoms with van der Waals surface area (Å²) in [5.74, 6) is 0.906. The highest BCUT2D eigenvalue weighted by Crippen LogP contribution is 2.24. The van der Waals surface area contributed by atoms with E-state index in [1.54, 1.807) is 0 Å². The molecule has 0 saturated carbocycles. The van der Waals surface area contributed by atoms with Crippen LogP contribution in [0.25, 0.3) is 17.1 Å². The van der Waals surface area contributed by atoms with Crippen molar-refractivity contribution in [1.82, 2.24) is 14.0 Å². The molecular formula is C18H21N3SSi. The summed E-state index contributed by atoms with van der Waals surface area (Å²) in [6, 6.07) is 18.7. The van der Waals surface area contributed by atoms with Crippen LogP contribution in [0.2, 0.25) is 19.6 Å². The SMILES string of the molecule is Cc1ccc(-c2nn([Si](C)(C)C)c(=S)n2-c2ccccc2)cc1. The maximum atomic E-state index is 5.77. The lowest BCUT2D eigenvalue weighted by Gasteiger charge is -2.15. The zero-order valence-electron chi connectivity index (χ0n) is 13.9. The van der Waals surface area contributed by atoms with E-state index in [0.717, 1.165) is 21.8 Å². The fourth-order valence-electron chi connectivity index (χ4n) is 2.50. The zero-order valence-corrected chi connectivity index (χ0v) is 15.8. The van der Waals surface area contributed by atoms with Gasteiger partial charge < -0.3 is 0 Å². The van der Waals surface area contributed by atoms with Crippen molar-refractivity contribution in [3.8, 4) is 17.1 Å². The van der Waals surface area contributed by atoms with Crippen molar-refractivity contribution in [2.45, 2.75) is 26.6 Å². The van der Waals surface area contributed by atoms with E-state index in [0.29, 0.717) is 0 Å². The molecule has 23 heavy (non-hydrogen) atoms. The molecule has 0 aliphatic carbocycles. The van der Waals surface area contributed by atoms with E-state index in [-0.39, 0.29) is 0 Å². The van der Waals surface area contributed by atoms with Gasteiger partial charge in [0.05, 0.1) is 0 Å². The fraction of sp³-hybridized carbons (Fsp3) is 0.222. The van der Waals surface area contributed by atoms with Crippen molar-refractivity contribution < 1.29 is 0 Å². The molecule has 0 atom stereocenters. The van der Waals surface area contributed by atoms with Gasteiger partial charge in [-0.1, -0.05) is 48.0 Å². The second kappa shape index (κ2) is 5.90. The summed E-state index contributed by atoms with van der Waals surface area (Å²) in [5.41, 5.74) is 3.38. The normalized spacial score (nSPS) is 11.7. The minimum absolute atomic E-state index is 0.769. The Bertz CT molecular complexity index is 871. The number of para-hydroxylation sites is 1. The second-order valence-electron chi connectivity index (χ2n) is 6.73. The van der Waals surface area contributed by atoms with Crippen LogP contribution in [0, 0.1) is 11.7 Å². The Morgan fingerprint density at radius 3 is 2.09 bits per heavy atom. The predicted molar refractivity (Wildman–Crippen MR) is 101 cm³/mol. The van der Waals surface area contributed by atoms with Crippen molar-refractivity contribution in [2.75, 3.05) is 0 Å². The first-order chi connectivity index (χ1) is 10.9. The second-order valence-corrected chi connectivity index (χ2v) is 11.9. The highest BCUT2D eigenvalue weighted by Gasteiger charge is 2.23. The molecule has 0 fully saturated rings. The molecule has 0 radical (unpaired) electrons. The van der Waals surface area contributed by atoms with Crippen molar-refractivity contribution in [2.24, 2.45) is 0 Å². The summed E-state index contributed by atoms with van der Waals surface area (Å²) in [5, 5.41) is 4.89. The fourth-order valence-corrected chi connectivity index (χ4v) is 4.63. The molecule has 2 aromatic carbocycles. The predicted octanol–water partition coefficient (Wildman–Crippen LogP) is 5.06. The molecule has 0 aliphatic rings. The first kappa shape index (κ1) is 15.9. The third-order valence-corrected chi connectivity index (χ3v) is 5.84.